The Bertz CT molecular complexity index is 531. The number of anilines is 1. The van der Waals surface area contributed by atoms with Crippen molar-refractivity contribution in [2.24, 2.45) is 0 Å². The third-order valence-electron chi connectivity index (χ3n) is 2.77. The summed E-state index contributed by atoms with van der Waals surface area (Å²) in [5.41, 5.74) is 0. The van der Waals surface area contributed by atoms with E-state index >= 15 is 0 Å². The topological polar surface area (TPSA) is 72.7 Å². The molecule has 0 aromatic carbocycles. The Morgan fingerprint density at radius 1 is 1.50 bits per heavy atom. The van der Waals surface area contributed by atoms with Crippen molar-refractivity contribution >= 4 is 22.4 Å². The van der Waals surface area contributed by atoms with Crippen LogP contribution in [0.2, 0.25) is 0 Å². The van der Waals surface area contributed by atoms with Gasteiger partial charge in [-0.3, -0.25) is 4.79 Å². The number of aryl methyl sites for hydroxylation is 1. The standard InChI is InChI=1S/C11H13N5OS/c17-9(3-5-16-6-4-12-7-16)13-11-15-14-10(18-11)8-1-2-8/h4,6-8H,1-3,5H2,(H,13,15,17). The minimum Gasteiger partial charge on any atom is -0.337 e. The Hall–Kier alpha value is -1.76. The SMILES string of the molecule is O=C(CCn1ccnc1)Nc1nnc(C2CC2)s1. The van der Waals surface area contributed by atoms with Crippen molar-refractivity contribution < 1.29 is 4.79 Å². The van der Waals surface area contributed by atoms with E-state index in [2.05, 4.69) is 20.5 Å². The van der Waals surface area contributed by atoms with E-state index in [0.29, 0.717) is 24.0 Å². The van der Waals surface area contributed by atoms with Crippen LogP contribution in [0.25, 0.3) is 0 Å². The monoisotopic (exact) mass is 263 g/mol. The zero-order valence-electron chi connectivity index (χ0n) is 9.74. The van der Waals surface area contributed by atoms with Gasteiger partial charge >= 0.3 is 0 Å². The van der Waals surface area contributed by atoms with E-state index in [0.717, 1.165) is 5.01 Å². The second-order valence-corrected chi connectivity index (χ2v) is 5.33. The molecular weight excluding hydrogens is 250 g/mol. The third-order valence-corrected chi connectivity index (χ3v) is 3.77. The molecule has 1 fully saturated rings. The highest BCUT2D eigenvalue weighted by molar-refractivity contribution is 7.15. The van der Waals surface area contributed by atoms with Crippen LogP contribution in [0.3, 0.4) is 0 Å². The molecule has 1 amide bonds. The van der Waals surface area contributed by atoms with Gasteiger partial charge in [-0.05, 0) is 12.8 Å². The van der Waals surface area contributed by atoms with Gasteiger partial charge in [0.1, 0.15) is 5.01 Å². The predicted octanol–water partition coefficient (Wildman–Crippen LogP) is 1.64. The smallest absolute Gasteiger partial charge is 0.227 e. The van der Waals surface area contributed by atoms with E-state index in [1.807, 2.05) is 10.8 Å². The van der Waals surface area contributed by atoms with Crippen LogP contribution in [0.4, 0.5) is 5.13 Å². The maximum Gasteiger partial charge on any atom is 0.227 e. The molecule has 1 saturated carbocycles. The van der Waals surface area contributed by atoms with Gasteiger partial charge in [0, 0.05) is 31.3 Å². The summed E-state index contributed by atoms with van der Waals surface area (Å²) < 4.78 is 1.87. The van der Waals surface area contributed by atoms with Crippen LogP contribution < -0.4 is 5.32 Å². The fourth-order valence-corrected chi connectivity index (χ4v) is 2.54. The number of imidazole rings is 1. The Kier molecular flexibility index (Phi) is 3.06. The van der Waals surface area contributed by atoms with Crippen molar-refractivity contribution in [2.75, 3.05) is 5.32 Å². The number of nitrogens with one attached hydrogen (secondary N) is 1. The molecule has 6 nitrogen and oxygen atoms in total. The molecule has 1 aliphatic rings. The number of nitrogens with zero attached hydrogens (tertiary/aromatic N) is 4. The van der Waals surface area contributed by atoms with Crippen LogP contribution in [-0.4, -0.2) is 25.7 Å². The molecule has 2 aromatic rings. The molecule has 0 spiro atoms. The molecule has 0 saturated heterocycles. The summed E-state index contributed by atoms with van der Waals surface area (Å²) >= 11 is 1.48. The highest BCUT2D eigenvalue weighted by atomic mass is 32.1. The van der Waals surface area contributed by atoms with Gasteiger partial charge in [-0.2, -0.15) is 0 Å². The maximum absolute atomic E-state index is 11.7. The first-order valence-electron chi connectivity index (χ1n) is 5.90. The molecule has 3 rings (SSSR count). The summed E-state index contributed by atoms with van der Waals surface area (Å²) in [4.78, 5) is 15.6. The van der Waals surface area contributed by atoms with Crippen molar-refractivity contribution in [1.29, 1.82) is 0 Å². The lowest BCUT2D eigenvalue weighted by molar-refractivity contribution is -0.116. The van der Waals surface area contributed by atoms with Gasteiger partial charge in [0.2, 0.25) is 11.0 Å². The van der Waals surface area contributed by atoms with E-state index in [1.54, 1.807) is 12.5 Å². The summed E-state index contributed by atoms with van der Waals surface area (Å²) in [7, 11) is 0. The lowest BCUT2D eigenvalue weighted by Gasteiger charge is -2.01. The van der Waals surface area contributed by atoms with Gasteiger partial charge in [-0.15, -0.1) is 10.2 Å². The van der Waals surface area contributed by atoms with Crippen LogP contribution in [-0.2, 0) is 11.3 Å². The van der Waals surface area contributed by atoms with Crippen molar-refractivity contribution in [1.82, 2.24) is 19.7 Å². The first-order valence-corrected chi connectivity index (χ1v) is 6.72. The fourth-order valence-electron chi connectivity index (χ4n) is 1.61. The van der Waals surface area contributed by atoms with Crippen LogP contribution in [0.15, 0.2) is 18.7 Å². The van der Waals surface area contributed by atoms with Gasteiger partial charge < -0.3 is 9.88 Å². The number of amides is 1. The highest BCUT2D eigenvalue weighted by Crippen LogP contribution is 2.41. The first kappa shape index (κ1) is 11.3. The number of carbonyl (C=O) groups excluding carboxylic acids is 1. The highest BCUT2D eigenvalue weighted by Gasteiger charge is 2.27. The molecule has 2 heterocycles. The normalized spacial score (nSPS) is 14.7. The summed E-state index contributed by atoms with van der Waals surface area (Å²) in [6, 6.07) is 0. The van der Waals surface area contributed by atoms with Crippen LogP contribution >= 0.6 is 11.3 Å². The average molecular weight is 263 g/mol. The number of hydrogen-bond acceptors (Lipinski definition) is 5. The lowest BCUT2D eigenvalue weighted by atomic mass is 10.4. The van der Waals surface area contributed by atoms with Crippen LogP contribution in [0.5, 0.6) is 0 Å². The lowest BCUT2D eigenvalue weighted by Crippen LogP contribution is -2.13. The van der Waals surface area contributed by atoms with Crippen molar-refractivity contribution in [3.63, 3.8) is 0 Å². The molecule has 7 heteroatoms. The number of rotatable bonds is 5. The zero-order chi connectivity index (χ0) is 12.4. The first-order chi connectivity index (χ1) is 8.81. The van der Waals surface area contributed by atoms with E-state index in [4.69, 9.17) is 0 Å². The van der Waals surface area contributed by atoms with E-state index < -0.39 is 0 Å². The second-order valence-electron chi connectivity index (χ2n) is 4.32. The molecule has 94 valence electrons. The van der Waals surface area contributed by atoms with E-state index in [9.17, 15) is 4.79 Å². The Labute approximate surface area is 108 Å². The molecule has 0 atom stereocenters. The van der Waals surface area contributed by atoms with Crippen LogP contribution in [0, 0.1) is 0 Å². The zero-order valence-corrected chi connectivity index (χ0v) is 10.6. The molecule has 0 aliphatic heterocycles. The second kappa shape index (κ2) is 4.85. The van der Waals surface area contributed by atoms with E-state index in [1.165, 1.54) is 24.2 Å². The molecule has 0 unspecified atom stereocenters. The summed E-state index contributed by atoms with van der Waals surface area (Å²) in [5.74, 6) is 0.543. The van der Waals surface area contributed by atoms with Crippen LogP contribution in [0.1, 0.15) is 30.2 Å². The fraction of sp³-hybridized carbons (Fsp3) is 0.455. The average Bonchev–Trinajstić information content (AvgIpc) is 2.90. The quantitative estimate of drug-likeness (QED) is 0.890. The Morgan fingerprint density at radius 2 is 2.39 bits per heavy atom. The molecular formula is C11H13N5OS. The third kappa shape index (κ3) is 2.73. The molecule has 0 bridgehead atoms. The van der Waals surface area contributed by atoms with Crippen molar-refractivity contribution in [2.45, 2.75) is 31.7 Å². The Balaban J connectivity index is 1.50. The van der Waals surface area contributed by atoms with E-state index in [-0.39, 0.29) is 5.91 Å². The maximum atomic E-state index is 11.7. The number of aromatic nitrogens is 4. The number of hydrogen-bond donors (Lipinski definition) is 1. The molecule has 2 aromatic heterocycles. The van der Waals surface area contributed by atoms with Gasteiger partial charge in [0.15, 0.2) is 0 Å². The molecule has 1 aliphatic carbocycles. The van der Waals surface area contributed by atoms with Gasteiger partial charge in [0.05, 0.1) is 6.33 Å². The minimum atomic E-state index is -0.0396. The summed E-state index contributed by atoms with van der Waals surface area (Å²) in [5, 5.41) is 12.5. The predicted molar refractivity (Wildman–Crippen MR) is 67.4 cm³/mol. The molecule has 0 radical (unpaired) electrons. The summed E-state index contributed by atoms with van der Waals surface area (Å²) in [6.07, 6.45) is 8.04. The van der Waals surface area contributed by atoms with Gasteiger partial charge in [0.25, 0.3) is 0 Å². The molecule has 18 heavy (non-hydrogen) atoms. The minimum absolute atomic E-state index is 0.0396. The summed E-state index contributed by atoms with van der Waals surface area (Å²) in [6.45, 7) is 0.625. The number of carbonyl (C=O) groups is 1. The van der Waals surface area contributed by atoms with Gasteiger partial charge in [-0.1, -0.05) is 11.3 Å². The van der Waals surface area contributed by atoms with Crippen molar-refractivity contribution in [3.8, 4) is 0 Å². The molecule has 1 N–H and O–H groups in total. The Morgan fingerprint density at radius 3 is 3.11 bits per heavy atom. The van der Waals surface area contributed by atoms with Crippen molar-refractivity contribution in [3.05, 3.63) is 23.7 Å². The van der Waals surface area contributed by atoms with Gasteiger partial charge in [-0.25, -0.2) is 4.98 Å². The largest absolute Gasteiger partial charge is 0.337 e.